The van der Waals surface area contributed by atoms with Gasteiger partial charge in [0.15, 0.2) is 11.2 Å². The van der Waals surface area contributed by atoms with Crippen LogP contribution in [0.4, 0.5) is 5.95 Å². The summed E-state index contributed by atoms with van der Waals surface area (Å²) < 4.78 is 4.01. The van der Waals surface area contributed by atoms with Crippen molar-refractivity contribution in [1.29, 1.82) is 0 Å². The SMILES string of the molecule is C/C(=N\Nc1nc2c(c(=O)n(C)c(=O)n2C)n1C)c1cccs1. The third-order valence-electron chi connectivity index (χ3n) is 3.68. The quantitative estimate of drug-likeness (QED) is 0.569. The first kappa shape index (κ1) is 15.2. The maximum Gasteiger partial charge on any atom is 0.332 e. The summed E-state index contributed by atoms with van der Waals surface area (Å²) in [5.41, 5.74) is 3.56. The van der Waals surface area contributed by atoms with E-state index >= 15 is 0 Å². The van der Waals surface area contributed by atoms with Gasteiger partial charge in [-0.1, -0.05) is 6.07 Å². The highest BCUT2D eigenvalue weighted by atomic mass is 32.1. The van der Waals surface area contributed by atoms with E-state index in [0.717, 1.165) is 15.2 Å². The van der Waals surface area contributed by atoms with Gasteiger partial charge in [-0.25, -0.2) is 10.2 Å². The number of nitrogens with one attached hydrogen (secondary N) is 1. The van der Waals surface area contributed by atoms with Crippen molar-refractivity contribution in [1.82, 2.24) is 18.7 Å². The van der Waals surface area contributed by atoms with Gasteiger partial charge in [-0.3, -0.25) is 13.9 Å². The molecule has 9 heteroatoms. The van der Waals surface area contributed by atoms with Crippen LogP contribution in [0, 0.1) is 0 Å². The fourth-order valence-electron chi connectivity index (χ4n) is 2.29. The third kappa shape index (κ3) is 2.38. The van der Waals surface area contributed by atoms with Crippen LogP contribution in [0.25, 0.3) is 11.2 Å². The second-order valence-electron chi connectivity index (χ2n) is 5.16. The summed E-state index contributed by atoms with van der Waals surface area (Å²) in [6.45, 7) is 1.89. The highest BCUT2D eigenvalue weighted by molar-refractivity contribution is 7.12. The number of thiophene rings is 1. The minimum Gasteiger partial charge on any atom is -0.306 e. The molecule has 0 unspecified atom stereocenters. The topological polar surface area (TPSA) is 86.2 Å². The molecule has 3 heterocycles. The van der Waals surface area contributed by atoms with E-state index in [2.05, 4.69) is 15.5 Å². The standard InChI is InChI=1S/C14H16N6O2S/c1-8(9-6-5-7-23-9)16-17-13-15-11-10(18(13)2)12(21)20(4)14(22)19(11)3/h5-7H,1-4H3,(H,15,17)/b16-8+. The van der Waals surface area contributed by atoms with Gasteiger partial charge in [0.2, 0.25) is 5.95 Å². The molecule has 3 rings (SSSR count). The molecule has 3 aromatic rings. The molecule has 8 nitrogen and oxygen atoms in total. The van der Waals surface area contributed by atoms with E-state index in [9.17, 15) is 9.59 Å². The second kappa shape index (κ2) is 5.51. The molecule has 0 saturated heterocycles. The molecule has 0 aliphatic carbocycles. The Morgan fingerprint density at radius 3 is 2.61 bits per heavy atom. The number of anilines is 1. The number of aromatic nitrogens is 4. The number of hydrogen-bond acceptors (Lipinski definition) is 6. The average molecular weight is 332 g/mol. The normalized spacial score (nSPS) is 12.1. The van der Waals surface area contributed by atoms with Crippen molar-refractivity contribution in [2.24, 2.45) is 26.2 Å². The second-order valence-corrected chi connectivity index (χ2v) is 6.11. The van der Waals surface area contributed by atoms with Gasteiger partial charge >= 0.3 is 5.69 Å². The van der Waals surface area contributed by atoms with E-state index in [1.54, 1.807) is 30.0 Å². The molecule has 1 N–H and O–H groups in total. The molecule has 120 valence electrons. The molecule has 0 aliphatic heterocycles. The first-order valence-corrected chi connectivity index (χ1v) is 7.76. The Labute approximate surface area is 135 Å². The van der Waals surface area contributed by atoms with Crippen molar-refractivity contribution in [2.45, 2.75) is 6.92 Å². The summed E-state index contributed by atoms with van der Waals surface area (Å²) in [6.07, 6.45) is 0. The van der Waals surface area contributed by atoms with Crippen LogP contribution in [0.5, 0.6) is 0 Å². The van der Waals surface area contributed by atoms with Gasteiger partial charge in [-0.05, 0) is 18.4 Å². The Morgan fingerprint density at radius 1 is 1.22 bits per heavy atom. The summed E-state index contributed by atoms with van der Waals surface area (Å²) in [6, 6.07) is 3.92. The number of hydrogen-bond donors (Lipinski definition) is 1. The first-order valence-electron chi connectivity index (χ1n) is 6.88. The van der Waals surface area contributed by atoms with Crippen molar-refractivity contribution in [2.75, 3.05) is 5.43 Å². The molecule has 3 aromatic heterocycles. The third-order valence-corrected chi connectivity index (χ3v) is 4.66. The van der Waals surface area contributed by atoms with Crippen LogP contribution in [-0.4, -0.2) is 24.4 Å². The number of nitrogens with zero attached hydrogens (tertiary/aromatic N) is 5. The summed E-state index contributed by atoms with van der Waals surface area (Å²) in [5.74, 6) is 0.397. The molecule has 0 aliphatic rings. The van der Waals surface area contributed by atoms with Crippen LogP contribution in [0.15, 0.2) is 32.2 Å². The van der Waals surface area contributed by atoms with Crippen LogP contribution in [0.1, 0.15) is 11.8 Å². The van der Waals surface area contributed by atoms with Gasteiger partial charge in [0.25, 0.3) is 5.56 Å². The molecular formula is C14H16N6O2S. The fourth-order valence-corrected chi connectivity index (χ4v) is 2.97. The Kier molecular flexibility index (Phi) is 3.64. The van der Waals surface area contributed by atoms with Crippen molar-refractivity contribution < 1.29 is 0 Å². The number of rotatable bonds is 3. The maximum atomic E-state index is 12.3. The summed E-state index contributed by atoms with van der Waals surface area (Å²) in [5, 5.41) is 6.27. The van der Waals surface area contributed by atoms with Crippen molar-refractivity contribution in [3.63, 3.8) is 0 Å². The number of imidazole rings is 1. The minimum absolute atomic E-state index is 0.326. The Bertz CT molecular complexity index is 1020. The van der Waals surface area contributed by atoms with Crippen molar-refractivity contribution in [3.8, 4) is 0 Å². The number of aryl methyl sites for hydroxylation is 2. The molecule has 23 heavy (non-hydrogen) atoms. The van der Waals surface area contributed by atoms with Crippen LogP contribution in [-0.2, 0) is 21.1 Å². The van der Waals surface area contributed by atoms with Gasteiger partial charge < -0.3 is 4.57 Å². The molecule has 0 amide bonds. The van der Waals surface area contributed by atoms with Crippen LogP contribution in [0.2, 0.25) is 0 Å². The maximum absolute atomic E-state index is 12.3. The molecule has 0 radical (unpaired) electrons. The van der Waals surface area contributed by atoms with E-state index in [0.29, 0.717) is 17.1 Å². The summed E-state index contributed by atoms with van der Waals surface area (Å²) in [7, 11) is 4.74. The van der Waals surface area contributed by atoms with E-state index in [-0.39, 0.29) is 5.56 Å². The van der Waals surface area contributed by atoms with Gasteiger partial charge in [-0.15, -0.1) is 11.3 Å². The lowest BCUT2D eigenvalue weighted by Gasteiger charge is -2.03. The molecule has 0 atom stereocenters. The van der Waals surface area contributed by atoms with Crippen LogP contribution < -0.4 is 16.7 Å². The lowest BCUT2D eigenvalue weighted by Crippen LogP contribution is -2.37. The van der Waals surface area contributed by atoms with Crippen LogP contribution in [0.3, 0.4) is 0 Å². The van der Waals surface area contributed by atoms with E-state index in [1.807, 2.05) is 24.4 Å². The van der Waals surface area contributed by atoms with E-state index in [4.69, 9.17) is 0 Å². The Balaban J connectivity index is 2.10. The van der Waals surface area contributed by atoms with Crippen molar-refractivity contribution >= 4 is 34.2 Å². The fraction of sp³-hybridized carbons (Fsp3) is 0.286. The zero-order valence-electron chi connectivity index (χ0n) is 13.2. The van der Waals surface area contributed by atoms with Gasteiger partial charge in [0.05, 0.1) is 5.71 Å². The smallest absolute Gasteiger partial charge is 0.306 e. The molecular weight excluding hydrogens is 316 g/mol. The minimum atomic E-state index is -0.412. The van der Waals surface area contributed by atoms with Crippen LogP contribution >= 0.6 is 11.3 Å². The first-order chi connectivity index (χ1) is 10.9. The predicted molar refractivity (Wildman–Crippen MR) is 91.3 cm³/mol. The molecule has 0 spiro atoms. The zero-order valence-corrected chi connectivity index (χ0v) is 14.0. The van der Waals surface area contributed by atoms with E-state index in [1.165, 1.54) is 11.6 Å². The van der Waals surface area contributed by atoms with Gasteiger partial charge in [0.1, 0.15) is 0 Å². The Morgan fingerprint density at radius 2 is 1.96 bits per heavy atom. The predicted octanol–water partition coefficient (Wildman–Crippen LogP) is 0.868. The average Bonchev–Trinajstić information content (AvgIpc) is 3.17. The summed E-state index contributed by atoms with van der Waals surface area (Å²) >= 11 is 1.59. The van der Waals surface area contributed by atoms with Crippen molar-refractivity contribution in [3.05, 3.63) is 43.2 Å². The molecule has 0 fully saturated rings. The largest absolute Gasteiger partial charge is 0.332 e. The zero-order chi connectivity index (χ0) is 16.7. The molecule has 0 saturated carbocycles. The number of fused-ring (bicyclic) bond motifs is 1. The molecule has 0 bridgehead atoms. The highest BCUT2D eigenvalue weighted by Crippen LogP contribution is 2.14. The highest BCUT2D eigenvalue weighted by Gasteiger charge is 2.16. The number of hydrazone groups is 1. The monoisotopic (exact) mass is 332 g/mol. The summed E-state index contributed by atoms with van der Waals surface area (Å²) in [4.78, 5) is 29.6. The van der Waals surface area contributed by atoms with Gasteiger partial charge in [0, 0.05) is 26.0 Å². The Hall–Kier alpha value is -2.68. The lowest BCUT2D eigenvalue weighted by atomic mass is 10.3. The molecule has 0 aromatic carbocycles. The lowest BCUT2D eigenvalue weighted by molar-refractivity contribution is 0.705. The van der Waals surface area contributed by atoms with Gasteiger partial charge in [-0.2, -0.15) is 10.1 Å². The van der Waals surface area contributed by atoms with E-state index < -0.39 is 5.69 Å².